The first kappa shape index (κ1) is 11.7. The Morgan fingerprint density at radius 3 is 2.85 bits per heavy atom. The number of thioether (sulfide) groups is 1. The molecule has 2 aromatic carbocycles. The normalized spacial score (nSPS) is 13.6. The van der Waals surface area contributed by atoms with Gasteiger partial charge in [-0.25, -0.2) is 4.98 Å². The Hall–Kier alpha value is -2.07. The highest BCUT2D eigenvalue weighted by Gasteiger charge is 2.22. The van der Waals surface area contributed by atoms with Gasteiger partial charge in [0.25, 0.3) is 0 Å². The summed E-state index contributed by atoms with van der Waals surface area (Å²) in [5.41, 5.74) is 2.50. The molecule has 4 heteroatoms. The van der Waals surface area contributed by atoms with Crippen LogP contribution in [-0.2, 0) is 6.54 Å². The predicted octanol–water partition coefficient (Wildman–Crippen LogP) is 3.62. The average molecular weight is 280 g/mol. The van der Waals surface area contributed by atoms with Gasteiger partial charge in [0.15, 0.2) is 11.4 Å². The van der Waals surface area contributed by atoms with Crippen LogP contribution in [0.15, 0.2) is 47.6 Å². The Bertz CT molecular complexity index is 822. The number of aldehydes is 1. The van der Waals surface area contributed by atoms with Crippen LogP contribution in [0.2, 0.25) is 0 Å². The highest BCUT2D eigenvalue weighted by Crippen LogP contribution is 2.33. The van der Waals surface area contributed by atoms with Gasteiger partial charge in [-0.3, -0.25) is 4.79 Å². The third kappa shape index (κ3) is 1.68. The molecule has 20 heavy (non-hydrogen) atoms. The molecule has 0 N–H and O–H groups in total. The molecule has 3 nitrogen and oxygen atoms in total. The van der Waals surface area contributed by atoms with Gasteiger partial charge in [-0.1, -0.05) is 48.2 Å². The van der Waals surface area contributed by atoms with E-state index in [1.807, 2.05) is 22.8 Å². The number of hydrogen-bond acceptors (Lipinski definition) is 3. The minimum Gasteiger partial charge on any atom is -0.315 e. The van der Waals surface area contributed by atoms with Crippen molar-refractivity contribution in [2.45, 2.75) is 11.7 Å². The lowest BCUT2D eigenvalue weighted by Gasteiger charge is -2.03. The van der Waals surface area contributed by atoms with E-state index in [-0.39, 0.29) is 0 Å². The van der Waals surface area contributed by atoms with Crippen molar-refractivity contribution in [3.05, 3.63) is 48.2 Å². The molecule has 0 saturated carbocycles. The van der Waals surface area contributed by atoms with Crippen LogP contribution < -0.4 is 0 Å². The van der Waals surface area contributed by atoms with Crippen molar-refractivity contribution in [2.24, 2.45) is 0 Å². The van der Waals surface area contributed by atoms with E-state index in [4.69, 9.17) is 0 Å². The van der Waals surface area contributed by atoms with Gasteiger partial charge >= 0.3 is 0 Å². The Labute approximate surface area is 120 Å². The van der Waals surface area contributed by atoms with Crippen molar-refractivity contribution in [1.82, 2.24) is 9.55 Å². The van der Waals surface area contributed by atoms with E-state index in [0.29, 0.717) is 5.69 Å². The second-order valence-corrected chi connectivity index (χ2v) is 5.87. The SMILES string of the molecule is O=Cc1c(-c2ccc3ccccc3c2)nc2n1CCS2. The summed E-state index contributed by atoms with van der Waals surface area (Å²) in [5, 5.41) is 3.32. The largest absolute Gasteiger partial charge is 0.315 e. The van der Waals surface area contributed by atoms with E-state index in [0.717, 1.165) is 35.0 Å². The van der Waals surface area contributed by atoms with Gasteiger partial charge in [-0.15, -0.1) is 0 Å². The van der Waals surface area contributed by atoms with Crippen molar-refractivity contribution in [3.8, 4) is 11.3 Å². The van der Waals surface area contributed by atoms with Gasteiger partial charge < -0.3 is 4.57 Å². The summed E-state index contributed by atoms with van der Waals surface area (Å²) >= 11 is 1.71. The maximum absolute atomic E-state index is 11.4. The molecule has 98 valence electrons. The first-order valence-electron chi connectivity index (χ1n) is 6.54. The zero-order valence-corrected chi connectivity index (χ0v) is 11.6. The topological polar surface area (TPSA) is 34.9 Å². The third-order valence-electron chi connectivity index (χ3n) is 3.65. The fourth-order valence-corrected chi connectivity index (χ4v) is 3.62. The van der Waals surface area contributed by atoms with Gasteiger partial charge in [0.1, 0.15) is 11.4 Å². The van der Waals surface area contributed by atoms with E-state index >= 15 is 0 Å². The second kappa shape index (κ2) is 4.49. The summed E-state index contributed by atoms with van der Waals surface area (Å²) in [7, 11) is 0. The fraction of sp³-hybridized carbons (Fsp3) is 0.125. The molecule has 0 fully saturated rings. The highest BCUT2D eigenvalue weighted by atomic mass is 32.2. The third-order valence-corrected chi connectivity index (χ3v) is 4.61. The summed E-state index contributed by atoms with van der Waals surface area (Å²) in [6.45, 7) is 0.870. The van der Waals surface area contributed by atoms with Crippen LogP contribution in [0.3, 0.4) is 0 Å². The zero-order chi connectivity index (χ0) is 13.5. The number of nitrogens with zero attached hydrogens (tertiary/aromatic N) is 2. The van der Waals surface area contributed by atoms with Crippen LogP contribution in [-0.4, -0.2) is 21.6 Å². The Balaban J connectivity index is 1.93. The molecule has 2 heterocycles. The van der Waals surface area contributed by atoms with Crippen LogP contribution in [0.5, 0.6) is 0 Å². The molecular weight excluding hydrogens is 268 g/mol. The van der Waals surface area contributed by atoms with Gasteiger partial charge in [0, 0.05) is 17.9 Å². The van der Waals surface area contributed by atoms with Crippen LogP contribution in [0.1, 0.15) is 10.5 Å². The van der Waals surface area contributed by atoms with E-state index in [1.54, 1.807) is 11.8 Å². The molecule has 1 aliphatic rings. The number of carbonyl (C=O) groups is 1. The number of hydrogen-bond donors (Lipinski definition) is 0. The standard InChI is InChI=1S/C16H12N2OS/c19-10-14-15(17-16-18(14)7-8-20-16)13-6-5-11-3-1-2-4-12(11)9-13/h1-6,9-10H,7-8H2. The van der Waals surface area contributed by atoms with Gasteiger partial charge in [-0.05, 0) is 16.8 Å². The van der Waals surface area contributed by atoms with Crippen LogP contribution in [0.25, 0.3) is 22.0 Å². The van der Waals surface area contributed by atoms with E-state index in [2.05, 4.69) is 29.2 Å². The zero-order valence-electron chi connectivity index (χ0n) is 10.7. The molecule has 1 aromatic heterocycles. The van der Waals surface area contributed by atoms with E-state index in [1.165, 1.54) is 10.8 Å². The van der Waals surface area contributed by atoms with Gasteiger partial charge in [-0.2, -0.15) is 0 Å². The maximum Gasteiger partial charge on any atom is 0.169 e. The molecule has 0 amide bonds. The minimum atomic E-state index is 0.695. The van der Waals surface area contributed by atoms with Crippen molar-refractivity contribution in [1.29, 1.82) is 0 Å². The van der Waals surface area contributed by atoms with Crippen molar-refractivity contribution < 1.29 is 4.79 Å². The van der Waals surface area contributed by atoms with Gasteiger partial charge in [0.2, 0.25) is 0 Å². The minimum absolute atomic E-state index is 0.695. The number of aromatic nitrogens is 2. The molecule has 0 atom stereocenters. The lowest BCUT2D eigenvalue weighted by Crippen LogP contribution is -2.00. The summed E-state index contributed by atoms with van der Waals surface area (Å²) in [5.74, 6) is 1.00. The lowest BCUT2D eigenvalue weighted by atomic mass is 10.0. The number of rotatable bonds is 2. The van der Waals surface area contributed by atoms with Crippen LogP contribution in [0, 0.1) is 0 Å². The maximum atomic E-state index is 11.4. The Morgan fingerprint density at radius 1 is 1.15 bits per heavy atom. The molecule has 3 aromatic rings. The molecule has 0 bridgehead atoms. The number of fused-ring (bicyclic) bond motifs is 2. The Morgan fingerprint density at radius 2 is 2.00 bits per heavy atom. The molecule has 0 aliphatic carbocycles. The molecule has 0 saturated heterocycles. The first-order valence-corrected chi connectivity index (χ1v) is 7.53. The van der Waals surface area contributed by atoms with Crippen LogP contribution in [0.4, 0.5) is 0 Å². The van der Waals surface area contributed by atoms with Crippen molar-refractivity contribution in [2.75, 3.05) is 5.75 Å². The fourth-order valence-electron chi connectivity index (χ4n) is 2.67. The summed E-state index contributed by atoms with van der Waals surface area (Å²) in [4.78, 5) is 16.0. The summed E-state index contributed by atoms with van der Waals surface area (Å²) < 4.78 is 2.02. The molecule has 0 unspecified atom stereocenters. The van der Waals surface area contributed by atoms with E-state index < -0.39 is 0 Å². The molecule has 4 rings (SSSR count). The van der Waals surface area contributed by atoms with E-state index in [9.17, 15) is 4.79 Å². The highest BCUT2D eigenvalue weighted by molar-refractivity contribution is 7.99. The van der Waals surface area contributed by atoms with Gasteiger partial charge in [0.05, 0.1) is 0 Å². The summed E-state index contributed by atoms with van der Waals surface area (Å²) in [6.07, 6.45) is 0.924. The smallest absolute Gasteiger partial charge is 0.169 e. The quantitative estimate of drug-likeness (QED) is 0.672. The first-order chi connectivity index (χ1) is 9.86. The molecule has 0 spiro atoms. The summed E-state index contributed by atoms with van der Waals surface area (Å²) in [6, 6.07) is 14.4. The predicted molar refractivity (Wildman–Crippen MR) is 81.3 cm³/mol. The Kier molecular flexibility index (Phi) is 2.63. The molecular formula is C16H12N2OS. The molecule has 0 radical (unpaired) electrons. The number of imidazole rings is 1. The van der Waals surface area contributed by atoms with Crippen molar-refractivity contribution >= 4 is 28.8 Å². The van der Waals surface area contributed by atoms with Crippen molar-refractivity contribution in [3.63, 3.8) is 0 Å². The number of benzene rings is 2. The van der Waals surface area contributed by atoms with Crippen LogP contribution >= 0.6 is 11.8 Å². The monoisotopic (exact) mass is 280 g/mol. The lowest BCUT2D eigenvalue weighted by molar-refractivity contribution is 0.111. The second-order valence-electron chi connectivity index (χ2n) is 4.81. The molecule has 1 aliphatic heterocycles. The average Bonchev–Trinajstić information content (AvgIpc) is 3.07. The number of carbonyl (C=O) groups excluding carboxylic acids is 1.